The van der Waals surface area contributed by atoms with Crippen LogP contribution in [0.4, 0.5) is 5.69 Å². The second-order valence-electron chi connectivity index (χ2n) is 5.74. The Morgan fingerprint density at radius 3 is 2.68 bits per heavy atom. The fraction of sp³-hybridized carbons (Fsp3) is 0.375. The zero-order valence-corrected chi connectivity index (χ0v) is 14.0. The monoisotopic (exact) mass is 343 g/mol. The standard InChI is InChI=1S/C15H19N7.CH2O2/c1-20-10-13(8-18-20)12-7-17-15-14(9-19-22(15)11-12)21-5-2-3-16-4-6-21;2-1-3/h7-11,16H,2-6H2,1H3;1H,(H,2,3). The van der Waals surface area contributed by atoms with Crippen LogP contribution in [0.5, 0.6) is 0 Å². The van der Waals surface area contributed by atoms with E-state index in [-0.39, 0.29) is 6.47 Å². The van der Waals surface area contributed by atoms with E-state index in [0.717, 1.165) is 55.1 Å². The van der Waals surface area contributed by atoms with Crippen LogP contribution in [-0.4, -0.2) is 62.1 Å². The van der Waals surface area contributed by atoms with Crippen molar-refractivity contribution in [1.29, 1.82) is 0 Å². The molecule has 4 rings (SSSR count). The van der Waals surface area contributed by atoms with Gasteiger partial charge in [-0.3, -0.25) is 9.48 Å². The number of aromatic nitrogens is 5. The van der Waals surface area contributed by atoms with Crippen molar-refractivity contribution in [2.45, 2.75) is 6.42 Å². The molecular weight excluding hydrogens is 322 g/mol. The second-order valence-corrected chi connectivity index (χ2v) is 5.74. The minimum Gasteiger partial charge on any atom is -0.483 e. The summed E-state index contributed by atoms with van der Waals surface area (Å²) in [7, 11) is 1.91. The maximum atomic E-state index is 8.36. The molecule has 0 aromatic carbocycles. The average Bonchev–Trinajstić information content (AvgIpc) is 3.13. The van der Waals surface area contributed by atoms with Crippen molar-refractivity contribution in [3.8, 4) is 11.1 Å². The van der Waals surface area contributed by atoms with Gasteiger partial charge in [-0.25, -0.2) is 9.50 Å². The van der Waals surface area contributed by atoms with E-state index in [9.17, 15) is 0 Å². The van der Waals surface area contributed by atoms with Crippen molar-refractivity contribution in [3.63, 3.8) is 0 Å². The topological polar surface area (TPSA) is 101 Å². The van der Waals surface area contributed by atoms with Crippen LogP contribution in [0.25, 0.3) is 16.8 Å². The van der Waals surface area contributed by atoms with Gasteiger partial charge < -0.3 is 15.3 Å². The molecule has 1 fully saturated rings. The maximum absolute atomic E-state index is 8.36. The third-order valence-corrected chi connectivity index (χ3v) is 4.06. The number of rotatable bonds is 2. The molecule has 1 aliphatic rings. The number of fused-ring (bicyclic) bond motifs is 1. The Balaban J connectivity index is 0.000000569. The highest BCUT2D eigenvalue weighted by Crippen LogP contribution is 2.23. The van der Waals surface area contributed by atoms with Gasteiger partial charge in [0.25, 0.3) is 6.47 Å². The zero-order chi connectivity index (χ0) is 17.6. The molecule has 9 nitrogen and oxygen atoms in total. The molecule has 0 unspecified atom stereocenters. The van der Waals surface area contributed by atoms with Gasteiger partial charge in [-0.05, 0) is 13.0 Å². The largest absolute Gasteiger partial charge is 0.483 e. The number of hydrogen-bond donors (Lipinski definition) is 2. The van der Waals surface area contributed by atoms with Crippen molar-refractivity contribution in [2.24, 2.45) is 7.05 Å². The van der Waals surface area contributed by atoms with E-state index in [0.29, 0.717) is 0 Å². The molecule has 132 valence electrons. The zero-order valence-electron chi connectivity index (χ0n) is 14.0. The van der Waals surface area contributed by atoms with Crippen LogP contribution in [0, 0.1) is 0 Å². The summed E-state index contributed by atoms with van der Waals surface area (Å²) in [5.41, 5.74) is 4.09. The van der Waals surface area contributed by atoms with Gasteiger partial charge in [0.15, 0.2) is 5.65 Å². The summed E-state index contributed by atoms with van der Waals surface area (Å²) in [5, 5.41) is 19.0. The van der Waals surface area contributed by atoms with Gasteiger partial charge in [-0.2, -0.15) is 10.2 Å². The SMILES string of the molecule is Cn1cc(-c2cnc3c(N4CCCNCC4)cnn3c2)cn1.O=CO. The predicted octanol–water partition coefficient (Wildman–Crippen LogP) is 0.630. The summed E-state index contributed by atoms with van der Waals surface area (Å²) < 4.78 is 3.65. The summed E-state index contributed by atoms with van der Waals surface area (Å²) >= 11 is 0. The first-order valence-corrected chi connectivity index (χ1v) is 8.09. The fourth-order valence-corrected chi connectivity index (χ4v) is 2.89. The fourth-order valence-electron chi connectivity index (χ4n) is 2.89. The van der Waals surface area contributed by atoms with Crippen molar-refractivity contribution >= 4 is 17.8 Å². The lowest BCUT2D eigenvalue weighted by Gasteiger charge is -2.20. The van der Waals surface area contributed by atoms with Crippen LogP contribution in [0.3, 0.4) is 0 Å². The number of carboxylic acid groups (broad SMARTS) is 1. The smallest absolute Gasteiger partial charge is 0.290 e. The van der Waals surface area contributed by atoms with Gasteiger partial charge in [0.2, 0.25) is 0 Å². The van der Waals surface area contributed by atoms with Crippen LogP contribution < -0.4 is 10.2 Å². The molecule has 1 saturated heterocycles. The highest BCUT2D eigenvalue weighted by molar-refractivity contribution is 5.70. The molecule has 0 radical (unpaired) electrons. The van der Waals surface area contributed by atoms with Crippen molar-refractivity contribution < 1.29 is 9.90 Å². The molecule has 9 heteroatoms. The quantitative estimate of drug-likeness (QED) is 0.658. The molecule has 0 atom stereocenters. The lowest BCUT2D eigenvalue weighted by molar-refractivity contribution is -0.122. The van der Waals surface area contributed by atoms with Crippen LogP contribution in [0.1, 0.15) is 6.42 Å². The van der Waals surface area contributed by atoms with Crippen molar-refractivity contribution in [2.75, 3.05) is 31.1 Å². The first-order chi connectivity index (χ1) is 12.2. The minimum atomic E-state index is -0.250. The number of nitrogens with one attached hydrogen (secondary N) is 1. The Morgan fingerprint density at radius 2 is 1.92 bits per heavy atom. The predicted molar refractivity (Wildman–Crippen MR) is 93.6 cm³/mol. The average molecular weight is 343 g/mol. The highest BCUT2D eigenvalue weighted by Gasteiger charge is 2.15. The highest BCUT2D eigenvalue weighted by atomic mass is 16.3. The Labute approximate surface area is 144 Å². The normalized spacial score (nSPS) is 14.7. The van der Waals surface area contributed by atoms with E-state index in [1.54, 1.807) is 4.68 Å². The number of anilines is 1. The third-order valence-electron chi connectivity index (χ3n) is 4.06. The molecular formula is C16H21N7O2. The number of carbonyl (C=O) groups is 1. The Morgan fingerprint density at radius 1 is 1.12 bits per heavy atom. The van der Waals surface area contributed by atoms with E-state index in [4.69, 9.17) is 9.90 Å². The van der Waals surface area contributed by atoms with E-state index >= 15 is 0 Å². The van der Waals surface area contributed by atoms with Gasteiger partial charge >= 0.3 is 0 Å². The van der Waals surface area contributed by atoms with Gasteiger partial charge in [0, 0.05) is 56.4 Å². The number of hydrogen-bond acceptors (Lipinski definition) is 6. The summed E-state index contributed by atoms with van der Waals surface area (Å²) in [4.78, 5) is 15.4. The Kier molecular flexibility index (Phi) is 5.24. The first kappa shape index (κ1) is 16.9. The molecule has 2 N–H and O–H groups in total. The minimum absolute atomic E-state index is 0.250. The van der Waals surface area contributed by atoms with Crippen LogP contribution in [0.2, 0.25) is 0 Å². The second kappa shape index (κ2) is 7.75. The molecule has 3 aromatic rings. The Bertz CT molecular complexity index is 834. The molecule has 25 heavy (non-hydrogen) atoms. The van der Waals surface area contributed by atoms with E-state index in [1.165, 1.54) is 0 Å². The van der Waals surface area contributed by atoms with E-state index in [2.05, 4.69) is 25.4 Å². The molecule has 0 spiro atoms. The molecule has 4 heterocycles. The van der Waals surface area contributed by atoms with Gasteiger partial charge in [0.1, 0.15) is 5.69 Å². The number of aryl methyl sites for hydroxylation is 1. The summed E-state index contributed by atoms with van der Waals surface area (Å²) in [6, 6.07) is 0. The lowest BCUT2D eigenvalue weighted by Crippen LogP contribution is -2.27. The van der Waals surface area contributed by atoms with Gasteiger partial charge in [-0.1, -0.05) is 0 Å². The molecule has 0 amide bonds. The maximum Gasteiger partial charge on any atom is 0.290 e. The Hall–Kier alpha value is -2.94. The van der Waals surface area contributed by atoms with Crippen molar-refractivity contribution in [1.82, 2.24) is 29.7 Å². The van der Waals surface area contributed by atoms with Gasteiger partial charge in [0.05, 0.1) is 12.4 Å². The summed E-state index contributed by atoms with van der Waals surface area (Å²) in [6.07, 6.45) is 10.8. The van der Waals surface area contributed by atoms with E-state index < -0.39 is 0 Å². The van der Waals surface area contributed by atoms with Gasteiger partial charge in [-0.15, -0.1) is 0 Å². The van der Waals surface area contributed by atoms with Crippen molar-refractivity contribution in [3.05, 3.63) is 31.0 Å². The molecule has 0 aliphatic carbocycles. The third kappa shape index (κ3) is 3.77. The molecule has 0 saturated carbocycles. The van der Waals surface area contributed by atoms with Crippen LogP contribution in [-0.2, 0) is 11.8 Å². The summed E-state index contributed by atoms with van der Waals surface area (Å²) in [5.74, 6) is 0. The summed E-state index contributed by atoms with van der Waals surface area (Å²) in [6.45, 7) is 3.87. The molecule has 3 aromatic heterocycles. The van der Waals surface area contributed by atoms with E-state index in [1.807, 2.05) is 42.5 Å². The van der Waals surface area contributed by atoms with Crippen LogP contribution in [0.15, 0.2) is 31.0 Å². The number of nitrogens with zero attached hydrogens (tertiary/aromatic N) is 6. The molecule has 1 aliphatic heterocycles. The molecule has 0 bridgehead atoms. The van der Waals surface area contributed by atoms with Crippen LogP contribution >= 0.6 is 0 Å². The first-order valence-electron chi connectivity index (χ1n) is 8.09. The lowest BCUT2D eigenvalue weighted by atomic mass is 10.2.